The van der Waals surface area contributed by atoms with Crippen LogP contribution in [0.3, 0.4) is 0 Å². The molecule has 0 radical (unpaired) electrons. The Morgan fingerprint density at radius 2 is 1.47 bits per heavy atom. The Hall–Kier alpha value is -3.86. The molecule has 0 amide bonds. The van der Waals surface area contributed by atoms with Gasteiger partial charge in [0, 0.05) is 22.9 Å². The Labute approximate surface area is 189 Å². The molecule has 0 unspecified atom stereocenters. The molecule has 0 aliphatic heterocycles. The standard InChI is InChI=1S/C23H15F6N3O2/c1-33-34-21-5-3-2-4-18(21)17-6-7-30-12-20(17)32-13-31-11-19(32)14-8-15(22(24,25)26)10-16(9-14)23(27,28)29/h2-13H,1H3. The first-order valence-electron chi connectivity index (χ1n) is 9.66. The third-order valence-corrected chi connectivity index (χ3v) is 4.93. The largest absolute Gasteiger partial charge is 0.416 e. The minimum atomic E-state index is -4.98. The van der Waals surface area contributed by atoms with E-state index >= 15 is 0 Å². The van der Waals surface area contributed by atoms with E-state index in [1.807, 2.05) is 0 Å². The lowest BCUT2D eigenvalue weighted by Crippen LogP contribution is -2.11. The first kappa shape index (κ1) is 23.3. The molecule has 11 heteroatoms. The Kier molecular flexibility index (Phi) is 6.05. The molecule has 5 nitrogen and oxygen atoms in total. The molecule has 0 aliphatic rings. The van der Waals surface area contributed by atoms with Crippen molar-refractivity contribution in [1.29, 1.82) is 0 Å². The van der Waals surface area contributed by atoms with Crippen LogP contribution < -0.4 is 4.89 Å². The maximum atomic E-state index is 13.4. The van der Waals surface area contributed by atoms with Crippen molar-refractivity contribution in [1.82, 2.24) is 14.5 Å². The molecule has 4 aromatic rings. The van der Waals surface area contributed by atoms with Gasteiger partial charge in [-0.3, -0.25) is 9.55 Å². The van der Waals surface area contributed by atoms with E-state index in [1.54, 1.807) is 30.3 Å². The highest BCUT2D eigenvalue weighted by molar-refractivity contribution is 5.78. The van der Waals surface area contributed by atoms with Gasteiger partial charge in [0.2, 0.25) is 0 Å². The summed E-state index contributed by atoms with van der Waals surface area (Å²) in [5.41, 5.74) is -1.70. The molecule has 4 rings (SSSR count). The van der Waals surface area contributed by atoms with E-state index in [4.69, 9.17) is 9.78 Å². The van der Waals surface area contributed by atoms with Crippen LogP contribution in [0.25, 0.3) is 28.1 Å². The summed E-state index contributed by atoms with van der Waals surface area (Å²) in [7, 11) is 1.32. The lowest BCUT2D eigenvalue weighted by atomic mass is 10.0. The molecular weight excluding hydrogens is 464 g/mol. The van der Waals surface area contributed by atoms with Crippen molar-refractivity contribution >= 4 is 0 Å². The number of aromatic nitrogens is 3. The normalized spacial score (nSPS) is 12.1. The first-order valence-corrected chi connectivity index (χ1v) is 9.66. The molecule has 0 aliphatic carbocycles. The van der Waals surface area contributed by atoms with Crippen molar-refractivity contribution in [2.24, 2.45) is 0 Å². The zero-order valence-electron chi connectivity index (χ0n) is 17.4. The smallest absolute Gasteiger partial charge is 0.337 e. The summed E-state index contributed by atoms with van der Waals surface area (Å²) < 4.78 is 81.6. The van der Waals surface area contributed by atoms with Gasteiger partial charge in [0.25, 0.3) is 0 Å². The third-order valence-electron chi connectivity index (χ3n) is 4.93. The molecular formula is C23H15F6N3O2. The summed E-state index contributed by atoms with van der Waals surface area (Å²) in [5, 5.41) is 0. The molecule has 0 fully saturated rings. The molecule has 0 N–H and O–H groups in total. The number of para-hydroxylation sites is 1. The molecule has 0 saturated heterocycles. The molecule has 2 heterocycles. The molecule has 0 atom stereocenters. The lowest BCUT2D eigenvalue weighted by molar-refractivity contribution is -0.177. The molecule has 0 saturated carbocycles. The number of rotatable bonds is 5. The Morgan fingerprint density at radius 3 is 2.12 bits per heavy atom. The summed E-state index contributed by atoms with van der Waals surface area (Å²) in [6.07, 6.45) is -4.58. The Bertz CT molecular complexity index is 1280. The van der Waals surface area contributed by atoms with Crippen LogP contribution in [0.5, 0.6) is 5.75 Å². The zero-order chi connectivity index (χ0) is 24.5. The topological polar surface area (TPSA) is 49.2 Å². The van der Waals surface area contributed by atoms with Crippen molar-refractivity contribution in [3.05, 3.63) is 84.6 Å². The highest BCUT2D eigenvalue weighted by Gasteiger charge is 2.37. The van der Waals surface area contributed by atoms with E-state index in [-0.39, 0.29) is 17.3 Å². The quantitative estimate of drug-likeness (QED) is 0.184. The number of hydrogen-bond acceptors (Lipinski definition) is 4. The fourth-order valence-corrected chi connectivity index (χ4v) is 3.46. The van der Waals surface area contributed by atoms with Crippen LogP contribution in [0, 0.1) is 0 Å². The predicted octanol–water partition coefficient (Wildman–Crippen LogP) is 6.58. The van der Waals surface area contributed by atoms with Gasteiger partial charge in [0.15, 0.2) is 5.75 Å². The van der Waals surface area contributed by atoms with E-state index in [2.05, 4.69) is 9.97 Å². The number of imidazole rings is 1. The van der Waals surface area contributed by atoms with Crippen molar-refractivity contribution in [2.45, 2.75) is 12.4 Å². The van der Waals surface area contributed by atoms with Gasteiger partial charge >= 0.3 is 12.4 Å². The average Bonchev–Trinajstić information content (AvgIpc) is 3.28. The number of nitrogens with zero attached hydrogens (tertiary/aromatic N) is 3. The van der Waals surface area contributed by atoms with E-state index < -0.39 is 23.5 Å². The summed E-state index contributed by atoms with van der Waals surface area (Å²) in [4.78, 5) is 18.0. The SMILES string of the molecule is COOc1ccccc1-c1ccncc1-n1cncc1-c1cc(C(F)(F)F)cc(C(F)(F)F)c1. The van der Waals surface area contributed by atoms with Gasteiger partial charge < -0.3 is 4.89 Å². The summed E-state index contributed by atoms with van der Waals surface area (Å²) >= 11 is 0. The number of benzene rings is 2. The maximum Gasteiger partial charge on any atom is 0.416 e. The van der Waals surface area contributed by atoms with Crippen LogP contribution in [0.15, 0.2) is 73.4 Å². The van der Waals surface area contributed by atoms with Crippen LogP contribution in [-0.4, -0.2) is 21.6 Å². The summed E-state index contributed by atoms with van der Waals surface area (Å²) in [6.45, 7) is 0. The minimum absolute atomic E-state index is 0.0102. The van der Waals surface area contributed by atoms with E-state index in [0.717, 1.165) is 0 Å². The predicted molar refractivity (Wildman–Crippen MR) is 110 cm³/mol. The van der Waals surface area contributed by atoms with Crippen LogP contribution in [-0.2, 0) is 17.2 Å². The van der Waals surface area contributed by atoms with Gasteiger partial charge in [-0.05, 0) is 30.3 Å². The maximum absolute atomic E-state index is 13.4. The second-order valence-corrected chi connectivity index (χ2v) is 7.08. The van der Waals surface area contributed by atoms with Gasteiger partial charge in [-0.15, -0.1) is 0 Å². The highest BCUT2D eigenvalue weighted by Crippen LogP contribution is 2.40. The van der Waals surface area contributed by atoms with Crippen LogP contribution >= 0.6 is 0 Å². The van der Waals surface area contributed by atoms with Gasteiger partial charge in [0.1, 0.15) is 0 Å². The average molecular weight is 479 g/mol. The van der Waals surface area contributed by atoms with Crippen molar-refractivity contribution in [3.63, 3.8) is 0 Å². The lowest BCUT2D eigenvalue weighted by Gasteiger charge is -2.17. The molecule has 2 aromatic carbocycles. The van der Waals surface area contributed by atoms with Crippen LogP contribution in [0.1, 0.15) is 11.1 Å². The van der Waals surface area contributed by atoms with Crippen molar-refractivity contribution in [3.8, 4) is 33.8 Å². The van der Waals surface area contributed by atoms with Crippen molar-refractivity contribution in [2.75, 3.05) is 7.11 Å². The van der Waals surface area contributed by atoms with Gasteiger partial charge in [-0.1, -0.05) is 18.2 Å². The van der Waals surface area contributed by atoms with Gasteiger partial charge in [-0.2, -0.15) is 31.2 Å². The molecule has 34 heavy (non-hydrogen) atoms. The first-order chi connectivity index (χ1) is 16.1. The number of halogens is 6. The Balaban J connectivity index is 1.92. The number of alkyl halides is 6. The second-order valence-electron chi connectivity index (χ2n) is 7.08. The van der Waals surface area contributed by atoms with E-state index in [1.165, 1.54) is 36.6 Å². The summed E-state index contributed by atoms with van der Waals surface area (Å²) in [6, 6.07) is 9.82. The minimum Gasteiger partial charge on any atom is -0.337 e. The second kappa shape index (κ2) is 8.82. The molecule has 176 valence electrons. The molecule has 0 spiro atoms. The zero-order valence-corrected chi connectivity index (χ0v) is 17.4. The number of hydrogen-bond donors (Lipinski definition) is 0. The van der Waals surface area contributed by atoms with Gasteiger partial charge in [0.05, 0.1) is 48.3 Å². The highest BCUT2D eigenvalue weighted by atomic mass is 19.4. The van der Waals surface area contributed by atoms with Crippen LogP contribution in [0.4, 0.5) is 26.3 Å². The Morgan fingerprint density at radius 1 is 0.794 bits per heavy atom. The van der Waals surface area contributed by atoms with E-state index in [0.29, 0.717) is 34.7 Å². The monoisotopic (exact) mass is 479 g/mol. The van der Waals surface area contributed by atoms with E-state index in [9.17, 15) is 26.3 Å². The number of pyridine rings is 1. The molecule has 2 aromatic heterocycles. The fourth-order valence-electron chi connectivity index (χ4n) is 3.46. The van der Waals surface area contributed by atoms with Crippen LogP contribution in [0.2, 0.25) is 0 Å². The molecule has 0 bridgehead atoms. The summed E-state index contributed by atoms with van der Waals surface area (Å²) in [5.74, 6) is 0.345. The van der Waals surface area contributed by atoms with Crippen molar-refractivity contribution < 1.29 is 36.1 Å². The fraction of sp³-hybridized carbons (Fsp3) is 0.130. The third kappa shape index (κ3) is 4.60. The van der Waals surface area contributed by atoms with Gasteiger partial charge in [-0.25, -0.2) is 4.98 Å².